The van der Waals surface area contributed by atoms with Gasteiger partial charge in [0.2, 0.25) is 0 Å². The predicted octanol–water partition coefficient (Wildman–Crippen LogP) is 3.55. The van der Waals surface area contributed by atoms with Crippen LogP contribution in [-0.4, -0.2) is 23.6 Å². The molecule has 2 rings (SSSR count). The zero-order valence-electron chi connectivity index (χ0n) is 12.2. The van der Waals surface area contributed by atoms with Crippen LogP contribution in [0.3, 0.4) is 0 Å². The van der Waals surface area contributed by atoms with Gasteiger partial charge >= 0.3 is 0 Å². The van der Waals surface area contributed by atoms with Crippen molar-refractivity contribution < 1.29 is 0 Å². The van der Waals surface area contributed by atoms with Gasteiger partial charge in [0, 0.05) is 19.3 Å². The van der Waals surface area contributed by atoms with E-state index in [0.29, 0.717) is 0 Å². The molecule has 1 aliphatic rings. The zero-order chi connectivity index (χ0) is 13.3. The molecule has 0 N–H and O–H groups in total. The molecule has 98 valence electrons. The first-order chi connectivity index (χ1) is 8.38. The van der Waals surface area contributed by atoms with Crippen LogP contribution >= 0.6 is 0 Å². The van der Waals surface area contributed by atoms with E-state index >= 15 is 0 Å². The molecule has 2 nitrogen and oxygen atoms in total. The topological polar surface area (TPSA) is 6.48 Å². The van der Waals surface area contributed by atoms with Crippen molar-refractivity contribution in [3.63, 3.8) is 0 Å². The Hall–Kier alpha value is -1.28. The molecular weight excluding hydrogens is 220 g/mol. The number of hydrogen-bond acceptors (Lipinski definition) is 2. The summed E-state index contributed by atoms with van der Waals surface area (Å²) in [7, 11) is 2.14. The molecule has 0 unspecified atom stereocenters. The van der Waals surface area contributed by atoms with Crippen LogP contribution in [0.5, 0.6) is 0 Å². The summed E-state index contributed by atoms with van der Waals surface area (Å²) < 4.78 is 0. The van der Waals surface area contributed by atoms with Crippen LogP contribution in [0.25, 0.3) is 0 Å². The van der Waals surface area contributed by atoms with Gasteiger partial charge < -0.3 is 5.01 Å². The van der Waals surface area contributed by atoms with Crippen molar-refractivity contribution in [3.8, 4) is 0 Å². The Bertz CT molecular complexity index is 437. The van der Waals surface area contributed by atoms with Crippen LogP contribution in [-0.2, 0) is 12.0 Å². The van der Waals surface area contributed by atoms with Crippen molar-refractivity contribution in [2.45, 2.75) is 39.7 Å². The molecule has 0 aromatic heterocycles. The molecule has 0 aliphatic carbocycles. The summed E-state index contributed by atoms with van der Waals surface area (Å²) in [5, 5.41) is 4.58. The van der Waals surface area contributed by atoms with Crippen LogP contribution < -0.4 is 0 Å². The first-order valence-corrected chi connectivity index (χ1v) is 6.63. The van der Waals surface area contributed by atoms with Gasteiger partial charge in [0.1, 0.15) is 0 Å². The highest BCUT2D eigenvalue weighted by molar-refractivity contribution is 5.27. The maximum absolute atomic E-state index is 2.33. The van der Waals surface area contributed by atoms with Crippen LogP contribution in [0.15, 0.2) is 36.0 Å². The van der Waals surface area contributed by atoms with E-state index in [1.807, 2.05) is 0 Å². The molecule has 0 fully saturated rings. The lowest BCUT2D eigenvalue weighted by Gasteiger charge is -2.28. The van der Waals surface area contributed by atoms with Gasteiger partial charge in [-0.3, -0.25) is 0 Å². The first kappa shape index (κ1) is 13.2. The third-order valence-corrected chi connectivity index (χ3v) is 3.62. The summed E-state index contributed by atoms with van der Waals surface area (Å²) in [4.78, 5) is 0. The SMILES string of the molecule is CC1=CCN(C)N1Cc1ccc(C(C)(C)C)cc1. The standard InChI is InChI=1S/C16H24N2/c1-13-10-11-17(5)18(13)12-14-6-8-15(9-7-14)16(2,3)4/h6-10H,11-12H2,1-5H3. The monoisotopic (exact) mass is 244 g/mol. The molecule has 18 heavy (non-hydrogen) atoms. The molecule has 0 radical (unpaired) electrons. The van der Waals surface area contributed by atoms with Crippen molar-refractivity contribution in [2.75, 3.05) is 13.6 Å². The second-order valence-electron chi connectivity index (χ2n) is 6.19. The van der Waals surface area contributed by atoms with E-state index in [-0.39, 0.29) is 5.41 Å². The number of rotatable bonds is 2. The first-order valence-electron chi connectivity index (χ1n) is 6.63. The highest BCUT2D eigenvalue weighted by Gasteiger charge is 2.18. The molecule has 1 aromatic carbocycles. The van der Waals surface area contributed by atoms with E-state index in [2.05, 4.69) is 75.1 Å². The van der Waals surface area contributed by atoms with Gasteiger partial charge in [-0.25, -0.2) is 5.01 Å². The maximum Gasteiger partial charge on any atom is 0.0593 e. The Balaban J connectivity index is 2.09. The van der Waals surface area contributed by atoms with Gasteiger partial charge in [-0.2, -0.15) is 0 Å². The minimum absolute atomic E-state index is 0.235. The molecule has 1 heterocycles. The number of hydrazine groups is 1. The van der Waals surface area contributed by atoms with E-state index < -0.39 is 0 Å². The molecular formula is C16H24N2. The van der Waals surface area contributed by atoms with E-state index in [9.17, 15) is 0 Å². The van der Waals surface area contributed by atoms with Gasteiger partial charge in [-0.1, -0.05) is 45.0 Å². The van der Waals surface area contributed by atoms with Crippen molar-refractivity contribution in [2.24, 2.45) is 0 Å². The minimum Gasteiger partial charge on any atom is -0.306 e. The second kappa shape index (κ2) is 4.77. The smallest absolute Gasteiger partial charge is 0.0593 e. The molecule has 1 aliphatic heterocycles. The molecule has 2 heteroatoms. The van der Waals surface area contributed by atoms with Crippen LogP contribution in [0.4, 0.5) is 0 Å². The predicted molar refractivity (Wildman–Crippen MR) is 77.1 cm³/mol. The summed E-state index contributed by atoms with van der Waals surface area (Å²) in [5.41, 5.74) is 4.34. The summed E-state index contributed by atoms with van der Waals surface area (Å²) in [6, 6.07) is 9.01. The molecule has 0 bridgehead atoms. The molecule has 0 spiro atoms. The lowest BCUT2D eigenvalue weighted by atomic mass is 9.87. The van der Waals surface area contributed by atoms with Crippen molar-refractivity contribution in [3.05, 3.63) is 47.2 Å². The van der Waals surface area contributed by atoms with Gasteiger partial charge in [-0.15, -0.1) is 0 Å². The van der Waals surface area contributed by atoms with Gasteiger partial charge in [0.25, 0.3) is 0 Å². The fourth-order valence-electron chi connectivity index (χ4n) is 2.27. The average Bonchev–Trinajstić information content (AvgIpc) is 2.60. The zero-order valence-corrected chi connectivity index (χ0v) is 12.2. The average molecular weight is 244 g/mol. The minimum atomic E-state index is 0.235. The number of nitrogens with zero attached hydrogens (tertiary/aromatic N) is 2. The third kappa shape index (κ3) is 2.75. The molecule has 0 amide bonds. The van der Waals surface area contributed by atoms with Gasteiger partial charge in [0.15, 0.2) is 0 Å². The maximum atomic E-state index is 2.33. The Morgan fingerprint density at radius 3 is 2.17 bits per heavy atom. The quantitative estimate of drug-likeness (QED) is 0.785. The fraction of sp³-hybridized carbons (Fsp3) is 0.500. The van der Waals surface area contributed by atoms with E-state index in [1.165, 1.54) is 16.8 Å². The fourth-order valence-corrected chi connectivity index (χ4v) is 2.27. The number of hydrogen-bond donors (Lipinski definition) is 0. The highest BCUT2D eigenvalue weighted by atomic mass is 15.6. The summed E-state index contributed by atoms with van der Waals surface area (Å²) >= 11 is 0. The van der Waals surface area contributed by atoms with Crippen LogP contribution in [0, 0.1) is 0 Å². The summed E-state index contributed by atoms with van der Waals surface area (Å²) in [6.07, 6.45) is 2.27. The Morgan fingerprint density at radius 2 is 1.72 bits per heavy atom. The third-order valence-electron chi connectivity index (χ3n) is 3.62. The summed E-state index contributed by atoms with van der Waals surface area (Å²) in [6.45, 7) is 10.9. The Morgan fingerprint density at radius 1 is 1.11 bits per heavy atom. The molecule has 0 saturated carbocycles. The number of benzene rings is 1. The lowest BCUT2D eigenvalue weighted by Crippen LogP contribution is -2.32. The summed E-state index contributed by atoms with van der Waals surface area (Å²) in [5.74, 6) is 0. The normalized spacial score (nSPS) is 17.2. The van der Waals surface area contributed by atoms with Crippen LogP contribution in [0.2, 0.25) is 0 Å². The number of allylic oxidation sites excluding steroid dienone is 1. The molecule has 1 aromatic rings. The van der Waals surface area contributed by atoms with Gasteiger partial charge in [0.05, 0.1) is 6.54 Å². The second-order valence-corrected chi connectivity index (χ2v) is 6.19. The van der Waals surface area contributed by atoms with E-state index in [0.717, 1.165) is 13.1 Å². The van der Waals surface area contributed by atoms with Gasteiger partial charge in [-0.05, 0) is 29.5 Å². The largest absolute Gasteiger partial charge is 0.306 e. The molecule has 0 saturated heterocycles. The highest BCUT2D eigenvalue weighted by Crippen LogP contribution is 2.23. The number of likely N-dealkylation sites (N-methyl/N-ethyl adjacent to an activating group) is 1. The van der Waals surface area contributed by atoms with Crippen molar-refractivity contribution in [1.82, 2.24) is 10.0 Å². The lowest BCUT2D eigenvalue weighted by molar-refractivity contribution is 0.0621. The Labute approximate surface area is 111 Å². The van der Waals surface area contributed by atoms with Crippen molar-refractivity contribution >= 4 is 0 Å². The Kier molecular flexibility index (Phi) is 3.49. The van der Waals surface area contributed by atoms with E-state index in [1.54, 1.807) is 0 Å². The molecule has 0 atom stereocenters. The van der Waals surface area contributed by atoms with E-state index in [4.69, 9.17) is 0 Å². The van der Waals surface area contributed by atoms with Crippen molar-refractivity contribution in [1.29, 1.82) is 0 Å². The van der Waals surface area contributed by atoms with Crippen LogP contribution in [0.1, 0.15) is 38.8 Å².